The van der Waals surface area contributed by atoms with Crippen molar-refractivity contribution in [2.45, 2.75) is 63.3 Å². The van der Waals surface area contributed by atoms with Gasteiger partial charge < -0.3 is 9.84 Å². The van der Waals surface area contributed by atoms with Gasteiger partial charge in [0.15, 0.2) is 5.82 Å². The zero-order valence-corrected chi connectivity index (χ0v) is 18.0. The van der Waals surface area contributed by atoms with E-state index in [-0.39, 0.29) is 12.3 Å². The maximum atomic E-state index is 12.7. The van der Waals surface area contributed by atoms with Gasteiger partial charge in [0.2, 0.25) is 21.8 Å². The van der Waals surface area contributed by atoms with Crippen LogP contribution in [0.2, 0.25) is 0 Å². The number of amides is 1. The molecule has 1 aliphatic rings. The molecule has 2 aromatic rings. The van der Waals surface area contributed by atoms with Crippen LogP contribution in [0.25, 0.3) is 0 Å². The standard InChI is InChI=1S/C20H28N4O4S/c1-15-21-19(23-28-15)20(2,3)22-18(25)12-9-16-7-10-17(11-8-16)29(26,27)24-13-5-4-6-14-24/h7-8,10-11H,4-6,9,12-14H2,1-3H3,(H,22,25). The monoisotopic (exact) mass is 420 g/mol. The molecule has 29 heavy (non-hydrogen) atoms. The van der Waals surface area contributed by atoms with E-state index in [0.29, 0.717) is 36.1 Å². The van der Waals surface area contributed by atoms with Crippen molar-refractivity contribution in [2.24, 2.45) is 0 Å². The van der Waals surface area contributed by atoms with Crippen molar-refractivity contribution in [2.75, 3.05) is 13.1 Å². The van der Waals surface area contributed by atoms with Crippen LogP contribution in [0.1, 0.15) is 56.8 Å². The second-order valence-corrected chi connectivity index (χ2v) is 9.86. The van der Waals surface area contributed by atoms with Gasteiger partial charge in [0, 0.05) is 26.4 Å². The van der Waals surface area contributed by atoms with Crippen LogP contribution in [0.5, 0.6) is 0 Å². The van der Waals surface area contributed by atoms with E-state index in [9.17, 15) is 13.2 Å². The Labute approximate surface area is 171 Å². The van der Waals surface area contributed by atoms with Crippen LogP contribution in [0.3, 0.4) is 0 Å². The summed E-state index contributed by atoms with van der Waals surface area (Å²) < 4.78 is 31.9. The first-order chi connectivity index (χ1) is 13.7. The molecule has 9 heteroatoms. The Morgan fingerprint density at radius 1 is 1.17 bits per heavy atom. The van der Waals surface area contributed by atoms with E-state index in [1.807, 2.05) is 13.8 Å². The van der Waals surface area contributed by atoms with E-state index in [2.05, 4.69) is 15.5 Å². The van der Waals surface area contributed by atoms with Crippen molar-refractivity contribution < 1.29 is 17.7 Å². The minimum atomic E-state index is -3.43. The predicted octanol–water partition coefficient (Wildman–Crippen LogP) is 2.54. The maximum Gasteiger partial charge on any atom is 0.243 e. The molecule has 8 nitrogen and oxygen atoms in total. The lowest BCUT2D eigenvalue weighted by molar-refractivity contribution is -0.122. The van der Waals surface area contributed by atoms with Gasteiger partial charge in [-0.3, -0.25) is 4.79 Å². The summed E-state index contributed by atoms with van der Waals surface area (Å²) in [7, 11) is -3.43. The van der Waals surface area contributed by atoms with E-state index >= 15 is 0 Å². The lowest BCUT2D eigenvalue weighted by atomic mass is 10.0. The Kier molecular flexibility index (Phi) is 6.38. The zero-order chi connectivity index (χ0) is 21.1. The molecule has 1 N–H and O–H groups in total. The number of piperidine rings is 1. The van der Waals surface area contributed by atoms with Crippen molar-refractivity contribution in [3.05, 3.63) is 41.5 Å². The van der Waals surface area contributed by atoms with Crippen LogP contribution in [-0.4, -0.2) is 41.9 Å². The van der Waals surface area contributed by atoms with Crippen LogP contribution in [-0.2, 0) is 26.8 Å². The Balaban J connectivity index is 1.56. The maximum absolute atomic E-state index is 12.7. The summed E-state index contributed by atoms with van der Waals surface area (Å²) in [5.74, 6) is 0.736. The number of sulfonamides is 1. The first-order valence-corrected chi connectivity index (χ1v) is 11.3. The summed E-state index contributed by atoms with van der Waals surface area (Å²) in [4.78, 5) is 16.8. The Hall–Kier alpha value is -2.26. The van der Waals surface area contributed by atoms with Gasteiger partial charge in [-0.15, -0.1) is 0 Å². The Bertz CT molecular complexity index is 945. The summed E-state index contributed by atoms with van der Waals surface area (Å²) >= 11 is 0. The summed E-state index contributed by atoms with van der Waals surface area (Å²) in [6, 6.07) is 6.81. The van der Waals surface area contributed by atoms with Gasteiger partial charge in [0.05, 0.1) is 10.4 Å². The predicted molar refractivity (Wildman–Crippen MR) is 108 cm³/mol. The van der Waals surface area contributed by atoms with E-state index in [1.165, 1.54) is 0 Å². The number of aryl methyl sites for hydroxylation is 2. The smallest absolute Gasteiger partial charge is 0.243 e. The highest BCUT2D eigenvalue weighted by atomic mass is 32.2. The number of rotatable bonds is 7. The molecule has 1 fully saturated rings. The number of benzene rings is 1. The molecule has 3 rings (SSSR count). The van der Waals surface area contributed by atoms with E-state index in [0.717, 1.165) is 24.8 Å². The van der Waals surface area contributed by atoms with Gasteiger partial charge in [-0.25, -0.2) is 8.42 Å². The third kappa shape index (κ3) is 5.22. The lowest BCUT2D eigenvalue weighted by Crippen LogP contribution is -2.42. The molecule has 2 heterocycles. The molecule has 1 aliphatic heterocycles. The lowest BCUT2D eigenvalue weighted by Gasteiger charge is -2.25. The molecule has 0 atom stereocenters. The second kappa shape index (κ2) is 8.62. The summed E-state index contributed by atoms with van der Waals surface area (Å²) in [5.41, 5.74) is 0.173. The molecular weight excluding hydrogens is 392 g/mol. The van der Waals surface area contributed by atoms with Crippen LogP contribution in [0.15, 0.2) is 33.7 Å². The first kappa shape index (κ1) is 21.4. The third-order valence-electron chi connectivity index (χ3n) is 5.06. The number of nitrogens with one attached hydrogen (secondary N) is 1. The minimum absolute atomic E-state index is 0.137. The van der Waals surface area contributed by atoms with Gasteiger partial charge >= 0.3 is 0 Å². The number of aromatic nitrogens is 2. The largest absolute Gasteiger partial charge is 0.344 e. The summed E-state index contributed by atoms with van der Waals surface area (Å²) in [5, 5.41) is 6.78. The molecule has 1 amide bonds. The van der Waals surface area contributed by atoms with E-state index < -0.39 is 15.6 Å². The first-order valence-electron chi connectivity index (χ1n) is 9.89. The van der Waals surface area contributed by atoms with Gasteiger partial charge in [0.25, 0.3) is 0 Å². The SMILES string of the molecule is Cc1nc(C(C)(C)NC(=O)CCc2ccc(S(=O)(=O)N3CCCCC3)cc2)no1. The minimum Gasteiger partial charge on any atom is -0.344 e. The summed E-state index contributed by atoms with van der Waals surface area (Å²) in [6.07, 6.45) is 3.68. The highest BCUT2D eigenvalue weighted by Crippen LogP contribution is 2.21. The van der Waals surface area contributed by atoms with Gasteiger partial charge in [-0.2, -0.15) is 9.29 Å². The third-order valence-corrected chi connectivity index (χ3v) is 6.97. The van der Waals surface area contributed by atoms with E-state index in [4.69, 9.17) is 4.52 Å². The number of carbonyl (C=O) groups excluding carboxylic acids is 1. The van der Waals surface area contributed by atoms with Crippen molar-refractivity contribution >= 4 is 15.9 Å². The van der Waals surface area contributed by atoms with Crippen LogP contribution in [0.4, 0.5) is 0 Å². The highest BCUT2D eigenvalue weighted by Gasteiger charge is 2.28. The molecule has 0 aliphatic carbocycles. The molecule has 0 bridgehead atoms. The molecule has 0 unspecified atom stereocenters. The molecule has 1 aromatic heterocycles. The number of nitrogens with zero attached hydrogens (tertiary/aromatic N) is 3. The van der Waals surface area contributed by atoms with Crippen molar-refractivity contribution in [1.82, 2.24) is 19.8 Å². The molecule has 0 radical (unpaired) electrons. The molecule has 0 spiro atoms. The summed E-state index contributed by atoms with van der Waals surface area (Å²) in [6.45, 7) is 6.49. The molecule has 158 valence electrons. The van der Waals surface area contributed by atoms with Crippen LogP contribution >= 0.6 is 0 Å². The van der Waals surface area contributed by atoms with Crippen molar-refractivity contribution in [3.8, 4) is 0 Å². The molecule has 0 saturated carbocycles. The van der Waals surface area contributed by atoms with Gasteiger partial charge in [-0.1, -0.05) is 23.7 Å². The van der Waals surface area contributed by atoms with E-state index in [1.54, 1.807) is 35.5 Å². The number of hydrogen-bond acceptors (Lipinski definition) is 6. The number of hydrogen-bond donors (Lipinski definition) is 1. The average molecular weight is 421 g/mol. The molecular formula is C20H28N4O4S. The Morgan fingerprint density at radius 2 is 1.83 bits per heavy atom. The zero-order valence-electron chi connectivity index (χ0n) is 17.1. The second-order valence-electron chi connectivity index (χ2n) is 7.92. The van der Waals surface area contributed by atoms with Crippen LogP contribution < -0.4 is 5.32 Å². The normalized spacial score (nSPS) is 16.0. The Morgan fingerprint density at radius 3 is 2.41 bits per heavy atom. The topological polar surface area (TPSA) is 105 Å². The highest BCUT2D eigenvalue weighted by molar-refractivity contribution is 7.89. The quantitative estimate of drug-likeness (QED) is 0.738. The fourth-order valence-electron chi connectivity index (χ4n) is 3.36. The van der Waals surface area contributed by atoms with Crippen molar-refractivity contribution in [3.63, 3.8) is 0 Å². The van der Waals surface area contributed by atoms with Gasteiger partial charge in [-0.05, 0) is 50.8 Å². The molecule has 1 saturated heterocycles. The van der Waals surface area contributed by atoms with Gasteiger partial charge in [0.1, 0.15) is 0 Å². The fourth-order valence-corrected chi connectivity index (χ4v) is 4.88. The van der Waals surface area contributed by atoms with Crippen LogP contribution in [0, 0.1) is 6.92 Å². The fraction of sp³-hybridized carbons (Fsp3) is 0.550. The average Bonchev–Trinajstić information content (AvgIpc) is 3.14. The number of carbonyl (C=O) groups is 1. The van der Waals surface area contributed by atoms with Crippen molar-refractivity contribution in [1.29, 1.82) is 0 Å². The molecule has 1 aromatic carbocycles.